The molecule has 2 fully saturated rings. The number of hydrogen-bond donors (Lipinski definition) is 1. The Labute approximate surface area is 170 Å². The molecule has 2 heterocycles. The van der Waals surface area contributed by atoms with Crippen molar-refractivity contribution >= 4 is 23.7 Å². The van der Waals surface area contributed by atoms with E-state index in [1.54, 1.807) is 0 Å². The van der Waals surface area contributed by atoms with Crippen LogP contribution >= 0.6 is 0 Å². The van der Waals surface area contributed by atoms with Crippen molar-refractivity contribution in [2.45, 2.75) is 71.4 Å². The van der Waals surface area contributed by atoms with Crippen molar-refractivity contribution in [3.8, 4) is 0 Å². The lowest BCUT2D eigenvalue weighted by molar-refractivity contribution is -0.143. The molecule has 2 aliphatic rings. The Kier molecular flexibility index (Phi) is 6.10. The van der Waals surface area contributed by atoms with Gasteiger partial charge in [-0.3, -0.25) is 19.3 Å². The molecule has 1 saturated heterocycles. The summed E-state index contributed by atoms with van der Waals surface area (Å²) in [6.45, 7) is 6.46. The molecule has 1 aromatic rings. The third kappa shape index (κ3) is 4.06. The number of urea groups is 1. The minimum atomic E-state index is -0.727. The zero-order valence-electron chi connectivity index (χ0n) is 17.4. The largest absolute Gasteiger partial charge is 0.457 e. The molecule has 1 spiro atoms. The van der Waals surface area contributed by atoms with Crippen molar-refractivity contribution < 1.29 is 23.9 Å². The molecule has 0 aromatic carbocycles. The maximum atomic E-state index is 12.6. The van der Waals surface area contributed by atoms with E-state index in [0.29, 0.717) is 24.8 Å². The smallest absolute Gasteiger partial charge is 0.325 e. The SMILES string of the molecule is CCn1c(C)cc(C(=O)COC(=O)CCCN2C(=O)NC3(CCCC3)C2=O)c1C. The standard InChI is InChI=1S/C21H29N3O5/c1-4-23-14(2)12-16(15(23)3)17(25)13-29-18(26)8-7-11-24-19(27)21(22-20(24)28)9-5-6-10-21/h12H,4-11,13H2,1-3H3,(H,22,28). The van der Waals surface area contributed by atoms with Gasteiger partial charge in [0.1, 0.15) is 5.54 Å². The first-order valence-corrected chi connectivity index (χ1v) is 10.3. The van der Waals surface area contributed by atoms with Gasteiger partial charge in [0.2, 0.25) is 5.78 Å². The van der Waals surface area contributed by atoms with Crippen LogP contribution in [0, 0.1) is 13.8 Å². The van der Waals surface area contributed by atoms with E-state index in [2.05, 4.69) is 5.32 Å². The number of nitrogens with zero attached hydrogens (tertiary/aromatic N) is 2. The fourth-order valence-corrected chi connectivity index (χ4v) is 4.44. The molecular weight excluding hydrogens is 374 g/mol. The molecule has 1 aliphatic heterocycles. The van der Waals surface area contributed by atoms with E-state index in [1.165, 1.54) is 4.90 Å². The highest BCUT2D eigenvalue weighted by Gasteiger charge is 2.52. The van der Waals surface area contributed by atoms with E-state index < -0.39 is 11.5 Å². The van der Waals surface area contributed by atoms with Crippen LogP contribution in [0.25, 0.3) is 0 Å². The number of carbonyl (C=O) groups excluding carboxylic acids is 4. The Morgan fingerprint density at radius 1 is 1.21 bits per heavy atom. The van der Waals surface area contributed by atoms with E-state index in [4.69, 9.17) is 4.74 Å². The fourth-order valence-electron chi connectivity index (χ4n) is 4.44. The van der Waals surface area contributed by atoms with Gasteiger partial charge in [-0.2, -0.15) is 0 Å². The van der Waals surface area contributed by atoms with Gasteiger partial charge < -0.3 is 14.6 Å². The molecule has 3 amide bonds. The van der Waals surface area contributed by atoms with Crippen LogP contribution in [0.4, 0.5) is 4.79 Å². The predicted octanol–water partition coefficient (Wildman–Crippen LogP) is 2.50. The number of hydrogen-bond acceptors (Lipinski definition) is 5. The van der Waals surface area contributed by atoms with E-state index >= 15 is 0 Å². The Bertz CT molecular complexity index is 836. The van der Waals surface area contributed by atoms with Gasteiger partial charge in [0.05, 0.1) is 0 Å². The Balaban J connectivity index is 1.44. The maximum Gasteiger partial charge on any atom is 0.325 e. The summed E-state index contributed by atoms with van der Waals surface area (Å²) in [7, 11) is 0. The number of esters is 1. The second-order valence-corrected chi connectivity index (χ2v) is 7.89. The minimum absolute atomic E-state index is 0.0469. The van der Waals surface area contributed by atoms with Crippen molar-refractivity contribution in [2.24, 2.45) is 0 Å². The number of imide groups is 1. The normalized spacial score (nSPS) is 17.8. The molecule has 8 heteroatoms. The highest BCUT2D eigenvalue weighted by Crippen LogP contribution is 2.35. The van der Waals surface area contributed by atoms with Gasteiger partial charge in [-0.15, -0.1) is 0 Å². The molecule has 29 heavy (non-hydrogen) atoms. The Hall–Kier alpha value is -2.64. The lowest BCUT2D eigenvalue weighted by atomic mass is 9.98. The Morgan fingerprint density at radius 3 is 2.52 bits per heavy atom. The van der Waals surface area contributed by atoms with Crippen LogP contribution < -0.4 is 5.32 Å². The molecule has 1 N–H and O–H groups in total. The number of amides is 3. The molecule has 158 valence electrons. The van der Waals surface area contributed by atoms with Crippen molar-refractivity contribution in [3.05, 3.63) is 23.0 Å². The highest BCUT2D eigenvalue weighted by atomic mass is 16.5. The second-order valence-electron chi connectivity index (χ2n) is 7.89. The number of Topliss-reactive ketones (excluding diaryl/α,β-unsaturated/α-hetero) is 1. The van der Waals surface area contributed by atoms with Crippen molar-refractivity contribution in [3.63, 3.8) is 0 Å². The summed E-state index contributed by atoms with van der Waals surface area (Å²) in [5.41, 5.74) is 1.70. The molecule has 0 unspecified atom stereocenters. The quantitative estimate of drug-likeness (QED) is 0.409. The summed E-state index contributed by atoms with van der Waals surface area (Å²) in [6.07, 6.45) is 3.58. The van der Waals surface area contributed by atoms with Crippen LogP contribution in [0.1, 0.15) is 67.2 Å². The van der Waals surface area contributed by atoms with Gasteiger partial charge >= 0.3 is 12.0 Å². The van der Waals surface area contributed by atoms with Gasteiger partial charge in [0.15, 0.2) is 6.61 Å². The number of ketones is 1. The lowest BCUT2D eigenvalue weighted by Crippen LogP contribution is -2.44. The molecule has 0 radical (unpaired) electrons. The van der Waals surface area contributed by atoms with Crippen LogP contribution in [-0.4, -0.2) is 51.8 Å². The average Bonchev–Trinajstić information content (AvgIpc) is 3.33. The lowest BCUT2D eigenvalue weighted by Gasteiger charge is -2.19. The first kappa shape index (κ1) is 21.1. The fraction of sp³-hybridized carbons (Fsp3) is 0.619. The van der Waals surface area contributed by atoms with Crippen LogP contribution in [0.2, 0.25) is 0 Å². The van der Waals surface area contributed by atoms with Crippen LogP contribution in [0.5, 0.6) is 0 Å². The topological polar surface area (TPSA) is 97.7 Å². The summed E-state index contributed by atoms with van der Waals surface area (Å²) in [5.74, 6) is -0.927. The van der Waals surface area contributed by atoms with Crippen molar-refractivity contribution in [1.29, 1.82) is 0 Å². The second kappa shape index (κ2) is 8.39. The van der Waals surface area contributed by atoms with Gasteiger partial charge in [-0.1, -0.05) is 12.8 Å². The van der Waals surface area contributed by atoms with Gasteiger partial charge in [0, 0.05) is 36.5 Å². The first-order valence-electron chi connectivity index (χ1n) is 10.3. The van der Waals surface area contributed by atoms with E-state index in [-0.39, 0.29) is 37.3 Å². The number of aryl methyl sites for hydroxylation is 1. The molecule has 3 rings (SSSR count). The molecular formula is C21H29N3O5. The average molecular weight is 403 g/mol. The molecule has 1 saturated carbocycles. The zero-order chi connectivity index (χ0) is 21.2. The van der Waals surface area contributed by atoms with Crippen LogP contribution in [-0.2, 0) is 20.9 Å². The molecule has 1 aliphatic carbocycles. The van der Waals surface area contributed by atoms with Crippen molar-refractivity contribution in [2.75, 3.05) is 13.2 Å². The molecule has 0 atom stereocenters. The predicted molar refractivity (Wildman–Crippen MR) is 106 cm³/mol. The molecule has 0 bridgehead atoms. The number of aromatic nitrogens is 1. The number of ether oxygens (including phenoxy) is 1. The zero-order valence-corrected chi connectivity index (χ0v) is 17.4. The van der Waals surface area contributed by atoms with Crippen LogP contribution in [0.15, 0.2) is 6.07 Å². The monoisotopic (exact) mass is 403 g/mol. The number of nitrogens with one attached hydrogen (secondary N) is 1. The first-order chi connectivity index (χ1) is 13.8. The Morgan fingerprint density at radius 2 is 1.90 bits per heavy atom. The summed E-state index contributed by atoms with van der Waals surface area (Å²) >= 11 is 0. The summed E-state index contributed by atoms with van der Waals surface area (Å²) in [5, 5.41) is 2.82. The third-order valence-corrected chi connectivity index (χ3v) is 6.02. The van der Waals surface area contributed by atoms with E-state index in [9.17, 15) is 19.2 Å². The number of rotatable bonds is 8. The summed E-state index contributed by atoms with van der Waals surface area (Å²) < 4.78 is 7.14. The summed E-state index contributed by atoms with van der Waals surface area (Å²) in [4.78, 5) is 50.2. The van der Waals surface area contributed by atoms with Gasteiger partial charge in [-0.05, 0) is 46.1 Å². The van der Waals surface area contributed by atoms with E-state index in [0.717, 1.165) is 30.8 Å². The maximum absolute atomic E-state index is 12.6. The van der Waals surface area contributed by atoms with Crippen LogP contribution in [0.3, 0.4) is 0 Å². The van der Waals surface area contributed by atoms with E-state index in [1.807, 2.05) is 31.4 Å². The highest BCUT2D eigenvalue weighted by molar-refractivity contribution is 6.07. The van der Waals surface area contributed by atoms with Crippen molar-refractivity contribution in [1.82, 2.24) is 14.8 Å². The minimum Gasteiger partial charge on any atom is -0.457 e. The van der Waals surface area contributed by atoms with Gasteiger partial charge in [-0.25, -0.2) is 4.79 Å². The summed E-state index contributed by atoms with van der Waals surface area (Å²) in [6, 6.07) is 1.43. The number of carbonyl (C=O) groups is 4. The molecule has 8 nitrogen and oxygen atoms in total. The third-order valence-electron chi connectivity index (χ3n) is 6.02. The van der Waals surface area contributed by atoms with Gasteiger partial charge in [0.25, 0.3) is 5.91 Å². The molecule has 1 aromatic heterocycles.